The molecule has 0 aliphatic carbocycles. The van der Waals surface area contributed by atoms with Gasteiger partial charge in [-0.05, 0) is 55.3 Å². The lowest BCUT2D eigenvalue weighted by molar-refractivity contribution is -0.141. The number of hydrogen-bond donors (Lipinski definition) is 3. The Kier molecular flexibility index (Phi) is 12.2. The SMILES string of the molecule is Cc1ncsc1-c1ccc([C@H](C)NC(=O)[C@@H]2C[C@@H](O)CN2C(=O)[C@@H](c2cc(OCCCCCC(=O)N3CCNCC3)no2)C(C)C)cc1. The molecule has 4 heterocycles. The number of β-amino-alcohol motifs (C(OH)–C–C–N with tert-alkyl or cyclic N) is 1. The van der Waals surface area contributed by atoms with Gasteiger partial charge in [0.15, 0.2) is 5.76 Å². The molecule has 5 rings (SSSR count). The predicted octanol–water partition coefficient (Wildman–Crippen LogP) is 4.06. The van der Waals surface area contributed by atoms with Gasteiger partial charge >= 0.3 is 0 Å². The number of nitrogens with one attached hydrogen (secondary N) is 2. The molecule has 0 radical (unpaired) electrons. The number of aromatic nitrogens is 2. The Morgan fingerprint density at radius 2 is 1.88 bits per heavy atom. The number of nitrogens with zero attached hydrogens (tertiary/aromatic N) is 4. The summed E-state index contributed by atoms with van der Waals surface area (Å²) in [5.74, 6) is -0.614. The van der Waals surface area contributed by atoms with Crippen molar-refractivity contribution in [3.05, 3.63) is 52.9 Å². The number of ether oxygens (including phenoxy) is 1. The molecule has 260 valence electrons. The molecule has 0 unspecified atom stereocenters. The van der Waals surface area contributed by atoms with Crippen molar-refractivity contribution in [2.24, 2.45) is 5.92 Å². The number of benzene rings is 1. The smallest absolute Gasteiger partial charge is 0.254 e. The number of aliphatic hydroxyl groups excluding tert-OH is 1. The first-order valence-corrected chi connectivity index (χ1v) is 17.9. The van der Waals surface area contributed by atoms with Crippen LogP contribution in [0.15, 0.2) is 40.4 Å². The molecule has 2 aliphatic heterocycles. The van der Waals surface area contributed by atoms with Crippen LogP contribution in [0, 0.1) is 12.8 Å². The van der Waals surface area contributed by atoms with Crippen molar-refractivity contribution in [3.63, 3.8) is 0 Å². The highest BCUT2D eigenvalue weighted by Gasteiger charge is 2.43. The Morgan fingerprint density at radius 3 is 2.56 bits per heavy atom. The lowest BCUT2D eigenvalue weighted by atomic mass is 9.91. The van der Waals surface area contributed by atoms with E-state index < -0.39 is 18.1 Å². The van der Waals surface area contributed by atoms with Crippen LogP contribution in [0.3, 0.4) is 0 Å². The summed E-state index contributed by atoms with van der Waals surface area (Å²) in [6, 6.07) is 8.54. The third-order valence-electron chi connectivity index (χ3n) is 9.14. The zero-order chi connectivity index (χ0) is 34.2. The molecule has 1 aromatic carbocycles. The van der Waals surface area contributed by atoms with E-state index in [1.807, 2.05) is 62.4 Å². The van der Waals surface area contributed by atoms with Crippen LogP contribution in [0.2, 0.25) is 0 Å². The standard InChI is InChI=1S/C35H48N6O6S/c1-22(2)32(29-19-30(39-47-29)46-17-7-5-6-8-31(43)40-15-13-36-14-16-40)35(45)41-20-27(42)18-28(41)34(44)38-23(3)25-9-11-26(12-10-25)33-24(4)37-21-48-33/h9-12,19,21-23,27-28,32,36,42H,5-8,13-18,20H2,1-4H3,(H,38,44)/t23-,27+,28-,32+/m0/s1. The number of rotatable bonds is 14. The topological polar surface area (TPSA) is 150 Å². The Morgan fingerprint density at radius 1 is 1.12 bits per heavy atom. The fraction of sp³-hybridized carbons (Fsp3) is 0.571. The number of carbonyl (C=O) groups excluding carboxylic acids is 3. The molecule has 2 fully saturated rings. The van der Waals surface area contributed by atoms with Crippen LogP contribution in [0.5, 0.6) is 5.88 Å². The van der Waals surface area contributed by atoms with Crippen LogP contribution < -0.4 is 15.4 Å². The molecule has 12 nitrogen and oxygen atoms in total. The van der Waals surface area contributed by atoms with Gasteiger partial charge in [-0.1, -0.05) is 38.1 Å². The van der Waals surface area contributed by atoms with Gasteiger partial charge in [0, 0.05) is 51.6 Å². The van der Waals surface area contributed by atoms with Crippen molar-refractivity contribution >= 4 is 29.1 Å². The van der Waals surface area contributed by atoms with Gasteiger partial charge in [0.25, 0.3) is 5.88 Å². The molecule has 4 atom stereocenters. The van der Waals surface area contributed by atoms with Crippen molar-refractivity contribution in [1.29, 1.82) is 0 Å². The maximum Gasteiger partial charge on any atom is 0.254 e. The summed E-state index contributed by atoms with van der Waals surface area (Å²) in [7, 11) is 0. The van der Waals surface area contributed by atoms with Crippen molar-refractivity contribution in [2.45, 2.75) is 83.9 Å². The van der Waals surface area contributed by atoms with Crippen LogP contribution in [-0.4, -0.2) is 94.2 Å². The van der Waals surface area contributed by atoms with Gasteiger partial charge in [-0.25, -0.2) is 4.98 Å². The van der Waals surface area contributed by atoms with E-state index in [-0.39, 0.29) is 42.6 Å². The zero-order valence-corrected chi connectivity index (χ0v) is 29.1. The predicted molar refractivity (Wildman–Crippen MR) is 182 cm³/mol. The number of carbonyl (C=O) groups is 3. The average Bonchev–Trinajstić information content (AvgIpc) is 3.83. The van der Waals surface area contributed by atoms with Gasteiger partial charge < -0.3 is 34.8 Å². The first kappa shape index (κ1) is 35.5. The van der Waals surface area contributed by atoms with E-state index in [9.17, 15) is 19.5 Å². The maximum atomic E-state index is 14.0. The fourth-order valence-electron chi connectivity index (χ4n) is 6.41. The number of thiazole rings is 1. The first-order chi connectivity index (χ1) is 23.1. The number of likely N-dealkylation sites (tertiary alicyclic amines) is 1. The van der Waals surface area contributed by atoms with E-state index in [0.717, 1.165) is 67.1 Å². The van der Waals surface area contributed by atoms with E-state index in [0.29, 0.717) is 24.7 Å². The highest BCUT2D eigenvalue weighted by atomic mass is 32.1. The van der Waals surface area contributed by atoms with E-state index in [2.05, 4.69) is 20.8 Å². The number of aliphatic hydroxyl groups is 1. The highest BCUT2D eigenvalue weighted by molar-refractivity contribution is 7.13. The molecule has 2 aliphatic rings. The minimum absolute atomic E-state index is 0.0616. The largest absolute Gasteiger partial charge is 0.476 e. The molecule has 3 amide bonds. The van der Waals surface area contributed by atoms with Crippen molar-refractivity contribution in [2.75, 3.05) is 39.3 Å². The molecule has 2 aromatic heterocycles. The van der Waals surface area contributed by atoms with Crippen LogP contribution in [-0.2, 0) is 14.4 Å². The van der Waals surface area contributed by atoms with Gasteiger partial charge in [0.05, 0.1) is 34.8 Å². The molecule has 0 bridgehead atoms. The molecule has 48 heavy (non-hydrogen) atoms. The Hall–Kier alpha value is -3.81. The lowest BCUT2D eigenvalue weighted by Gasteiger charge is -2.29. The monoisotopic (exact) mass is 680 g/mol. The lowest BCUT2D eigenvalue weighted by Crippen LogP contribution is -2.48. The fourth-order valence-corrected chi connectivity index (χ4v) is 7.22. The minimum atomic E-state index is -0.813. The molecule has 13 heteroatoms. The second-order valence-corrected chi connectivity index (χ2v) is 13.9. The van der Waals surface area contributed by atoms with E-state index in [1.54, 1.807) is 17.4 Å². The average molecular weight is 681 g/mol. The van der Waals surface area contributed by atoms with E-state index in [4.69, 9.17) is 9.26 Å². The number of hydrogen-bond acceptors (Lipinski definition) is 10. The van der Waals surface area contributed by atoms with Crippen LogP contribution in [0.1, 0.15) is 81.9 Å². The van der Waals surface area contributed by atoms with E-state index >= 15 is 0 Å². The third kappa shape index (κ3) is 8.80. The maximum absolute atomic E-state index is 14.0. The van der Waals surface area contributed by atoms with Gasteiger partial charge in [0.1, 0.15) is 12.0 Å². The minimum Gasteiger partial charge on any atom is -0.476 e. The Labute approximate surface area is 286 Å². The highest BCUT2D eigenvalue weighted by Crippen LogP contribution is 2.33. The quantitative estimate of drug-likeness (QED) is 0.214. The number of aryl methyl sites for hydroxylation is 1. The molecule has 2 saturated heterocycles. The van der Waals surface area contributed by atoms with Crippen LogP contribution in [0.4, 0.5) is 0 Å². The second kappa shape index (κ2) is 16.5. The molecule has 3 N–H and O–H groups in total. The summed E-state index contributed by atoms with van der Waals surface area (Å²) in [6.45, 7) is 11.4. The summed E-state index contributed by atoms with van der Waals surface area (Å²) < 4.78 is 11.4. The van der Waals surface area contributed by atoms with Gasteiger partial charge in [-0.3, -0.25) is 14.4 Å². The van der Waals surface area contributed by atoms with Crippen molar-refractivity contribution in [1.82, 2.24) is 30.6 Å². The zero-order valence-electron chi connectivity index (χ0n) is 28.3. The number of piperazine rings is 1. The summed E-state index contributed by atoms with van der Waals surface area (Å²) in [5, 5.41) is 20.9. The second-order valence-electron chi connectivity index (χ2n) is 13.1. The van der Waals surface area contributed by atoms with Crippen molar-refractivity contribution < 1.29 is 28.8 Å². The summed E-state index contributed by atoms with van der Waals surface area (Å²) in [6.07, 6.45) is 2.30. The Balaban J connectivity index is 1.13. The number of unbranched alkanes of at least 4 members (excludes halogenated alkanes) is 2. The summed E-state index contributed by atoms with van der Waals surface area (Å²) in [4.78, 5) is 48.6. The summed E-state index contributed by atoms with van der Waals surface area (Å²) in [5.41, 5.74) is 4.81. The normalized spacial score (nSPS) is 19.4. The van der Waals surface area contributed by atoms with Crippen LogP contribution in [0.25, 0.3) is 10.4 Å². The van der Waals surface area contributed by atoms with Gasteiger partial charge in [-0.15, -0.1) is 11.3 Å². The molecule has 0 spiro atoms. The van der Waals surface area contributed by atoms with Gasteiger partial charge in [0.2, 0.25) is 17.7 Å². The molecule has 3 aromatic rings. The molecular formula is C35H48N6O6S. The first-order valence-electron chi connectivity index (χ1n) is 17.0. The van der Waals surface area contributed by atoms with E-state index in [1.165, 1.54) is 4.90 Å². The molecule has 0 saturated carbocycles. The number of amides is 3. The Bertz CT molecular complexity index is 1520. The summed E-state index contributed by atoms with van der Waals surface area (Å²) >= 11 is 1.59. The van der Waals surface area contributed by atoms with Gasteiger partial charge in [-0.2, -0.15) is 0 Å². The van der Waals surface area contributed by atoms with Crippen LogP contribution >= 0.6 is 11.3 Å². The van der Waals surface area contributed by atoms with Crippen molar-refractivity contribution in [3.8, 4) is 16.3 Å². The molecular weight excluding hydrogens is 632 g/mol. The third-order valence-corrected chi connectivity index (χ3v) is 10.1.